The third-order valence-corrected chi connectivity index (χ3v) is 3.91. The van der Waals surface area contributed by atoms with E-state index in [0.717, 1.165) is 11.3 Å². The highest BCUT2D eigenvalue weighted by Gasteiger charge is 2.27. The molecule has 0 unspecified atom stereocenters. The Balaban J connectivity index is 3.23. The summed E-state index contributed by atoms with van der Waals surface area (Å²) in [6.07, 6.45) is 0. The largest absolute Gasteiger partial charge is 0.484 e. The van der Waals surface area contributed by atoms with Crippen molar-refractivity contribution in [3.63, 3.8) is 0 Å². The van der Waals surface area contributed by atoms with Crippen molar-refractivity contribution < 1.29 is 19.1 Å². The second-order valence-corrected chi connectivity index (χ2v) is 5.22. The number of carbonyl (C=O) groups excluding carboxylic acids is 2. The molecule has 116 valence electrons. The molecular formula is C14H20N2O4S. The number of aliphatic imine (C=N–C) groups is 1. The van der Waals surface area contributed by atoms with Crippen molar-refractivity contribution in [2.75, 3.05) is 26.9 Å². The third kappa shape index (κ3) is 3.81. The highest BCUT2D eigenvalue weighted by atomic mass is 32.1. The first-order chi connectivity index (χ1) is 9.97. The smallest absolute Gasteiger partial charge is 0.343 e. The number of thiophene rings is 1. The predicted molar refractivity (Wildman–Crippen MR) is 82.7 cm³/mol. The molecule has 0 N–H and O–H groups in total. The Labute approximate surface area is 128 Å². The van der Waals surface area contributed by atoms with Crippen molar-refractivity contribution >= 4 is 29.9 Å². The Morgan fingerprint density at radius 2 is 2.00 bits per heavy atom. The Bertz CT molecular complexity index is 539. The first kappa shape index (κ1) is 17.2. The van der Waals surface area contributed by atoms with E-state index in [1.807, 2.05) is 6.92 Å². The maximum atomic E-state index is 12.3. The highest BCUT2D eigenvalue weighted by Crippen LogP contribution is 2.36. The number of nitrogens with zero attached hydrogens (tertiary/aromatic N) is 2. The fraction of sp³-hybridized carbons (Fsp3) is 0.500. The van der Waals surface area contributed by atoms with Crippen LogP contribution in [0, 0.1) is 6.92 Å². The zero-order valence-electron chi connectivity index (χ0n) is 12.8. The van der Waals surface area contributed by atoms with Gasteiger partial charge in [-0.15, -0.1) is 0 Å². The summed E-state index contributed by atoms with van der Waals surface area (Å²) in [5.74, 6) is -0.695. The van der Waals surface area contributed by atoms with Gasteiger partial charge in [0.05, 0.1) is 18.1 Å². The van der Waals surface area contributed by atoms with Crippen LogP contribution in [-0.4, -0.2) is 50.4 Å². The summed E-state index contributed by atoms with van der Waals surface area (Å²) >= 11 is 1.15. The van der Waals surface area contributed by atoms with Gasteiger partial charge in [0, 0.05) is 7.05 Å². The van der Waals surface area contributed by atoms with Gasteiger partial charge in [-0.25, -0.2) is 4.79 Å². The molecule has 1 rings (SSSR count). The topological polar surface area (TPSA) is 68.2 Å². The molecule has 0 aliphatic heterocycles. The molecule has 7 heteroatoms. The summed E-state index contributed by atoms with van der Waals surface area (Å²) in [6, 6.07) is 0. The minimum atomic E-state index is -0.474. The van der Waals surface area contributed by atoms with E-state index in [1.54, 1.807) is 20.9 Å². The van der Waals surface area contributed by atoms with Crippen molar-refractivity contribution in [2.24, 2.45) is 4.99 Å². The Morgan fingerprint density at radius 3 is 2.52 bits per heavy atom. The molecule has 0 fully saturated rings. The molecule has 1 amide bonds. The Kier molecular flexibility index (Phi) is 6.36. The lowest BCUT2D eigenvalue weighted by molar-refractivity contribution is 0.0522. The van der Waals surface area contributed by atoms with Crippen molar-refractivity contribution in [1.82, 2.24) is 4.90 Å². The van der Waals surface area contributed by atoms with E-state index in [4.69, 9.17) is 9.47 Å². The van der Waals surface area contributed by atoms with E-state index in [0.29, 0.717) is 27.7 Å². The van der Waals surface area contributed by atoms with Gasteiger partial charge in [-0.2, -0.15) is 0 Å². The fourth-order valence-corrected chi connectivity index (χ4v) is 2.95. The van der Waals surface area contributed by atoms with Crippen LogP contribution in [0.15, 0.2) is 4.99 Å². The maximum absolute atomic E-state index is 12.3. The number of esters is 1. The molecule has 6 nitrogen and oxygen atoms in total. The SMILES string of the molecule is C=NCN(C)C(=O)c1sc(OCC)c(C(=O)OCC)c1C. The molecule has 1 heterocycles. The number of amides is 1. The average Bonchev–Trinajstić information content (AvgIpc) is 2.75. The molecule has 0 aliphatic rings. The van der Waals surface area contributed by atoms with Crippen LogP contribution in [0.4, 0.5) is 0 Å². The molecule has 0 saturated carbocycles. The lowest BCUT2D eigenvalue weighted by atomic mass is 10.1. The molecular weight excluding hydrogens is 292 g/mol. The van der Waals surface area contributed by atoms with Crippen molar-refractivity contribution in [2.45, 2.75) is 20.8 Å². The normalized spacial score (nSPS) is 10.1. The molecule has 0 atom stereocenters. The summed E-state index contributed by atoms with van der Waals surface area (Å²) in [5, 5.41) is 0.414. The Hall–Kier alpha value is -1.89. The van der Waals surface area contributed by atoms with E-state index in [-0.39, 0.29) is 19.2 Å². The van der Waals surface area contributed by atoms with Crippen LogP contribution in [0.25, 0.3) is 0 Å². The third-order valence-electron chi connectivity index (χ3n) is 2.72. The van der Waals surface area contributed by atoms with Gasteiger partial charge in [0.15, 0.2) is 5.06 Å². The summed E-state index contributed by atoms with van der Waals surface area (Å²) in [7, 11) is 1.63. The number of rotatable bonds is 7. The first-order valence-corrected chi connectivity index (χ1v) is 7.40. The molecule has 1 aromatic rings. The number of carbonyl (C=O) groups is 2. The summed E-state index contributed by atoms with van der Waals surface area (Å²) in [5.41, 5.74) is 0.898. The van der Waals surface area contributed by atoms with E-state index < -0.39 is 5.97 Å². The van der Waals surface area contributed by atoms with Crippen molar-refractivity contribution in [3.05, 3.63) is 16.0 Å². The van der Waals surface area contributed by atoms with Gasteiger partial charge in [0.1, 0.15) is 12.2 Å². The zero-order chi connectivity index (χ0) is 16.0. The Morgan fingerprint density at radius 1 is 1.33 bits per heavy atom. The van der Waals surface area contributed by atoms with Crippen molar-refractivity contribution in [3.8, 4) is 5.06 Å². The monoisotopic (exact) mass is 312 g/mol. The van der Waals surface area contributed by atoms with E-state index >= 15 is 0 Å². The maximum Gasteiger partial charge on any atom is 0.343 e. The first-order valence-electron chi connectivity index (χ1n) is 6.59. The van der Waals surface area contributed by atoms with Gasteiger partial charge in [-0.1, -0.05) is 11.3 Å². The van der Waals surface area contributed by atoms with Gasteiger partial charge >= 0.3 is 5.97 Å². The van der Waals surface area contributed by atoms with Gasteiger partial charge in [0.25, 0.3) is 5.91 Å². The molecule has 21 heavy (non-hydrogen) atoms. The van der Waals surface area contributed by atoms with Crippen LogP contribution in [-0.2, 0) is 4.74 Å². The van der Waals surface area contributed by atoms with Gasteiger partial charge in [-0.3, -0.25) is 9.79 Å². The predicted octanol–water partition coefficient (Wildman–Crippen LogP) is 2.36. The molecule has 1 aromatic heterocycles. The summed E-state index contributed by atoms with van der Waals surface area (Å²) < 4.78 is 10.5. The van der Waals surface area contributed by atoms with Gasteiger partial charge < -0.3 is 14.4 Å². The van der Waals surface area contributed by atoms with Crippen molar-refractivity contribution in [1.29, 1.82) is 0 Å². The highest BCUT2D eigenvalue weighted by molar-refractivity contribution is 7.16. The lowest BCUT2D eigenvalue weighted by Gasteiger charge is -2.13. The molecule has 0 saturated heterocycles. The van der Waals surface area contributed by atoms with Crippen LogP contribution in [0.5, 0.6) is 5.06 Å². The van der Waals surface area contributed by atoms with Crippen LogP contribution in [0.2, 0.25) is 0 Å². The lowest BCUT2D eigenvalue weighted by Crippen LogP contribution is -2.26. The number of hydrogen-bond acceptors (Lipinski definition) is 6. The second kappa shape index (κ2) is 7.78. The minimum absolute atomic E-state index is 0.189. The molecule has 0 aromatic carbocycles. The molecule has 0 radical (unpaired) electrons. The fourth-order valence-electron chi connectivity index (χ4n) is 1.75. The number of ether oxygens (including phenoxy) is 2. The minimum Gasteiger partial charge on any atom is -0.484 e. The van der Waals surface area contributed by atoms with Crippen LogP contribution >= 0.6 is 11.3 Å². The standard InChI is InChI=1S/C14H20N2O4S/c1-6-19-13(18)10-9(3)11(21-14(10)20-7-2)12(17)16(5)8-15-4/h4,6-8H2,1-3,5H3. The molecule has 0 aliphatic carbocycles. The average molecular weight is 312 g/mol. The van der Waals surface area contributed by atoms with E-state index in [2.05, 4.69) is 11.7 Å². The van der Waals surface area contributed by atoms with Crippen LogP contribution in [0.1, 0.15) is 39.4 Å². The number of hydrogen-bond donors (Lipinski definition) is 0. The summed E-state index contributed by atoms with van der Waals surface area (Å²) in [6.45, 7) is 9.49. The summed E-state index contributed by atoms with van der Waals surface area (Å²) in [4.78, 5) is 29.9. The molecule has 0 spiro atoms. The molecule has 0 bridgehead atoms. The van der Waals surface area contributed by atoms with E-state index in [9.17, 15) is 9.59 Å². The van der Waals surface area contributed by atoms with E-state index in [1.165, 1.54) is 4.90 Å². The second-order valence-electron chi connectivity index (χ2n) is 4.24. The quantitative estimate of drug-likeness (QED) is 0.572. The van der Waals surface area contributed by atoms with Gasteiger partial charge in [0.2, 0.25) is 0 Å². The van der Waals surface area contributed by atoms with Gasteiger partial charge in [-0.05, 0) is 33.1 Å². The van der Waals surface area contributed by atoms with Crippen LogP contribution in [0.3, 0.4) is 0 Å². The zero-order valence-corrected chi connectivity index (χ0v) is 13.6. The van der Waals surface area contributed by atoms with Crippen LogP contribution < -0.4 is 4.74 Å².